The third kappa shape index (κ3) is 2.64. The molecule has 1 N–H and O–H groups in total. The summed E-state index contributed by atoms with van der Waals surface area (Å²) in [6.07, 6.45) is 2.91. The summed E-state index contributed by atoms with van der Waals surface area (Å²) in [7, 11) is 0. The van der Waals surface area contributed by atoms with Crippen LogP contribution in [-0.4, -0.2) is 45.3 Å². The molecule has 0 bridgehead atoms. The van der Waals surface area contributed by atoms with Gasteiger partial charge >= 0.3 is 0 Å². The molecule has 0 aromatic carbocycles. The van der Waals surface area contributed by atoms with Crippen LogP contribution in [0.15, 0.2) is 35.2 Å². The lowest BCUT2D eigenvalue weighted by atomic mass is 10.3. The number of nitrogens with zero attached hydrogens (tertiary/aromatic N) is 3. The molecule has 1 aliphatic rings. The molecule has 0 unspecified atom stereocenters. The van der Waals surface area contributed by atoms with Crippen molar-refractivity contribution in [1.29, 1.82) is 0 Å². The first-order chi connectivity index (χ1) is 9.22. The smallest absolute Gasteiger partial charge is 0.195 e. The van der Waals surface area contributed by atoms with Crippen LogP contribution in [0.5, 0.6) is 0 Å². The first-order valence-corrected chi connectivity index (χ1v) is 6.11. The zero-order chi connectivity index (χ0) is 13.2. The molecule has 2 aromatic heterocycles. The van der Waals surface area contributed by atoms with Gasteiger partial charge in [0.1, 0.15) is 6.17 Å². The first kappa shape index (κ1) is 12.3. The second-order valence-electron chi connectivity index (χ2n) is 4.67. The van der Waals surface area contributed by atoms with Crippen molar-refractivity contribution in [2.75, 3.05) is 13.1 Å². The molecule has 0 spiro atoms. The minimum atomic E-state index is -1.16. The minimum absolute atomic E-state index is 0.251. The lowest BCUT2D eigenvalue weighted by Gasteiger charge is -2.13. The predicted molar refractivity (Wildman–Crippen MR) is 65.9 cm³/mol. The maximum atomic E-state index is 13.2. The topological polar surface area (TPSA) is 62.4 Å². The standard InChI is InChI=1S/C13H14FN3O2/c14-10-7-17(8-11(10)18)6-9-4-15-13(16-5-9)12-2-1-3-19-12/h1-5,10-11,18H,6-8H2/t10-,11-/m1/s1. The Morgan fingerprint density at radius 3 is 2.74 bits per heavy atom. The maximum absolute atomic E-state index is 13.2. The molecule has 3 heterocycles. The summed E-state index contributed by atoms with van der Waals surface area (Å²) in [5.41, 5.74) is 0.886. The summed E-state index contributed by atoms with van der Waals surface area (Å²) in [6, 6.07) is 3.57. The average molecular weight is 263 g/mol. The maximum Gasteiger partial charge on any atom is 0.195 e. The molecule has 0 amide bonds. The van der Waals surface area contributed by atoms with E-state index in [1.807, 2.05) is 4.90 Å². The van der Waals surface area contributed by atoms with Gasteiger partial charge in [-0.2, -0.15) is 0 Å². The molecule has 1 fully saturated rings. The van der Waals surface area contributed by atoms with Crippen molar-refractivity contribution in [1.82, 2.24) is 14.9 Å². The Morgan fingerprint density at radius 1 is 1.37 bits per heavy atom. The number of likely N-dealkylation sites (tertiary alicyclic amines) is 1. The van der Waals surface area contributed by atoms with Crippen molar-refractivity contribution in [2.24, 2.45) is 0 Å². The van der Waals surface area contributed by atoms with Gasteiger partial charge in [0.15, 0.2) is 11.6 Å². The van der Waals surface area contributed by atoms with E-state index in [0.717, 1.165) is 5.56 Å². The summed E-state index contributed by atoms with van der Waals surface area (Å²) in [5.74, 6) is 1.14. The molecule has 1 aliphatic heterocycles. The Hall–Kier alpha value is -1.79. The van der Waals surface area contributed by atoms with E-state index >= 15 is 0 Å². The highest BCUT2D eigenvalue weighted by molar-refractivity contribution is 5.45. The monoisotopic (exact) mass is 263 g/mol. The largest absolute Gasteiger partial charge is 0.461 e. The number of furan rings is 1. The zero-order valence-corrected chi connectivity index (χ0v) is 10.2. The Bertz CT molecular complexity index is 519. The van der Waals surface area contributed by atoms with Gasteiger partial charge in [0.25, 0.3) is 0 Å². The van der Waals surface area contributed by atoms with E-state index in [1.54, 1.807) is 30.8 Å². The number of β-amino-alcohol motifs (C(OH)–C–C–N with tert-alkyl or cyclic N) is 1. The predicted octanol–water partition coefficient (Wildman–Crippen LogP) is 1.25. The Balaban J connectivity index is 1.67. The number of hydrogen-bond donors (Lipinski definition) is 1. The Morgan fingerprint density at radius 2 is 2.16 bits per heavy atom. The quantitative estimate of drug-likeness (QED) is 0.903. The summed E-state index contributed by atoms with van der Waals surface area (Å²) in [4.78, 5) is 10.3. The highest BCUT2D eigenvalue weighted by Crippen LogP contribution is 2.17. The fourth-order valence-electron chi connectivity index (χ4n) is 2.18. The highest BCUT2D eigenvalue weighted by Gasteiger charge is 2.30. The molecule has 2 aromatic rings. The van der Waals surface area contributed by atoms with Crippen molar-refractivity contribution < 1.29 is 13.9 Å². The molecule has 1 saturated heterocycles. The van der Waals surface area contributed by atoms with Crippen LogP contribution >= 0.6 is 0 Å². The third-order valence-corrected chi connectivity index (χ3v) is 3.15. The van der Waals surface area contributed by atoms with Gasteiger partial charge in [0, 0.05) is 37.6 Å². The van der Waals surface area contributed by atoms with Gasteiger partial charge in [0.2, 0.25) is 0 Å². The Labute approximate surface area is 109 Å². The van der Waals surface area contributed by atoms with Gasteiger partial charge in [-0.15, -0.1) is 0 Å². The zero-order valence-electron chi connectivity index (χ0n) is 10.2. The van der Waals surface area contributed by atoms with Gasteiger partial charge < -0.3 is 9.52 Å². The van der Waals surface area contributed by atoms with Gasteiger partial charge in [-0.25, -0.2) is 14.4 Å². The van der Waals surface area contributed by atoms with E-state index in [0.29, 0.717) is 24.7 Å². The van der Waals surface area contributed by atoms with E-state index in [4.69, 9.17) is 4.42 Å². The van der Waals surface area contributed by atoms with Crippen LogP contribution in [0, 0.1) is 0 Å². The first-order valence-electron chi connectivity index (χ1n) is 6.11. The number of aliphatic hydroxyl groups is 1. The SMILES string of the molecule is O[C@@H]1CN(Cc2cnc(-c3ccco3)nc2)C[C@H]1F. The number of rotatable bonds is 3. The Kier molecular flexibility index (Phi) is 3.27. The number of aromatic nitrogens is 2. The number of alkyl halides is 1. The van der Waals surface area contributed by atoms with Crippen LogP contribution in [0.4, 0.5) is 4.39 Å². The minimum Gasteiger partial charge on any atom is -0.461 e. The van der Waals surface area contributed by atoms with Gasteiger partial charge in [0.05, 0.1) is 12.4 Å². The van der Waals surface area contributed by atoms with Crippen LogP contribution in [-0.2, 0) is 6.54 Å². The van der Waals surface area contributed by atoms with Gasteiger partial charge in [-0.05, 0) is 12.1 Å². The van der Waals surface area contributed by atoms with Crippen molar-refractivity contribution in [3.63, 3.8) is 0 Å². The molecule has 0 aliphatic carbocycles. The average Bonchev–Trinajstić information content (AvgIpc) is 3.02. The van der Waals surface area contributed by atoms with Crippen LogP contribution in [0.1, 0.15) is 5.56 Å². The summed E-state index contributed by atoms with van der Waals surface area (Å²) in [6.45, 7) is 1.14. The normalized spacial score (nSPS) is 23.9. The number of halogens is 1. The molecular formula is C13H14FN3O2. The van der Waals surface area contributed by atoms with Crippen LogP contribution < -0.4 is 0 Å². The molecule has 0 saturated carbocycles. The second-order valence-corrected chi connectivity index (χ2v) is 4.67. The van der Waals surface area contributed by atoms with E-state index in [1.165, 1.54) is 0 Å². The molecule has 19 heavy (non-hydrogen) atoms. The van der Waals surface area contributed by atoms with E-state index in [2.05, 4.69) is 9.97 Å². The lowest BCUT2D eigenvalue weighted by molar-refractivity contribution is 0.115. The van der Waals surface area contributed by atoms with E-state index in [9.17, 15) is 9.50 Å². The molecule has 2 atom stereocenters. The molecule has 3 rings (SSSR count). The molecule has 6 heteroatoms. The number of aliphatic hydroxyl groups excluding tert-OH is 1. The molecule has 0 radical (unpaired) electrons. The third-order valence-electron chi connectivity index (χ3n) is 3.15. The summed E-state index contributed by atoms with van der Waals surface area (Å²) >= 11 is 0. The van der Waals surface area contributed by atoms with Gasteiger partial charge in [-0.1, -0.05) is 0 Å². The van der Waals surface area contributed by atoms with Crippen molar-refractivity contribution >= 4 is 0 Å². The van der Waals surface area contributed by atoms with E-state index in [-0.39, 0.29) is 6.54 Å². The van der Waals surface area contributed by atoms with Crippen molar-refractivity contribution in [3.05, 3.63) is 36.4 Å². The van der Waals surface area contributed by atoms with E-state index < -0.39 is 12.3 Å². The highest BCUT2D eigenvalue weighted by atomic mass is 19.1. The fraction of sp³-hybridized carbons (Fsp3) is 0.385. The van der Waals surface area contributed by atoms with Crippen LogP contribution in [0.2, 0.25) is 0 Å². The lowest BCUT2D eigenvalue weighted by Crippen LogP contribution is -2.21. The van der Waals surface area contributed by atoms with Crippen LogP contribution in [0.25, 0.3) is 11.6 Å². The fourth-order valence-corrected chi connectivity index (χ4v) is 2.18. The van der Waals surface area contributed by atoms with Crippen molar-refractivity contribution in [2.45, 2.75) is 18.8 Å². The second kappa shape index (κ2) is 5.07. The molecule has 5 nitrogen and oxygen atoms in total. The van der Waals surface area contributed by atoms with Crippen LogP contribution in [0.3, 0.4) is 0 Å². The van der Waals surface area contributed by atoms with Gasteiger partial charge in [-0.3, -0.25) is 4.90 Å². The molecular weight excluding hydrogens is 249 g/mol. The molecule has 100 valence electrons. The summed E-state index contributed by atoms with van der Waals surface area (Å²) in [5, 5.41) is 9.35. The number of hydrogen-bond acceptors (Lipinski definition) is 5. The van der Waals surface area contributed by atoms with Crippen molar-refractivity contribution in [3.8, 4) is 11.6 Å². The summed E-state index contributed by atoms with van der Waals surface area (Å²) < 4.78 is 18.4.